The maximum absolute atomic E-state index is 10.0. The molecule has 1 unspecified atom stereocenters. The molecule has 1 atom stereocenters. The molecule has 0 aliphatic rings. The number of nitrogens with one attached hydrogen (secondary N) is 1. The number of hydrogen-bond donors (Lipinski definition) is 2. The fraction of sp³-hybridized carbons (Fsp3) is 0.455. The number of rotatable bonds is 5. The van der Waals surface area contributed by atoms with Crippen molar-refractivity contribution in [2.75, 3.05) is 23.9 Å². The van der Waals surface area contributed by atoms with Gasteiger partial charge in [-0.1, -0.05) is 0 Å². The van der Waals surface area contributed by atoms with Crippen molar-refractivity contribution in [3.8, 4) is 0 Å². The largest absolute Gasteiger partial charge is 0.387 e. The Bertz CT molecular complexity index is 497. The maximum atomic E-state index is 10.0. The third kappa shape index (κ3) is 3.10. The van der Waals surface area contributed by atoms with Crippen molar-refractivity contribution in [2.24, 2.45) is 0 Å². The van der Waals surface area contributed by atoms with Crippen LogP contribution in [0.25, 0.3) is 5.65 Å². The topological polar surface area (TPSA) is 62.5 Å². The van der Waals surface area contributed by atoms with Gasteiger partial charge in [0.1, 0.15) is 5.82 Å². The summed E-state index contributed by atoms with van der Waals surface area (Å²) in [6.07, 6.45) is 5.52. The Hall–Kier alpha value is -1.27. The standard InChI is InChI=1S/C11H16N4OS/c1-11(16,8-17-2)7-12-9-4-6-15-10(14-9)3-5-13-15/h3-6,16H,7-8H2,1-2H3,(H,12,14). The molecule has 5 nitrogen and oxygen atoms in total. The van der Waals surface area contributed by atoms with E-state index in [0.717, 1.165) is 11.5 Å². The molecular weight excluding hydrogens is 236 g/mol. The first kappa shape index (κ1) is 12.2. The van der Waals surface area contributed by atoms with Crippen LogP contribution in [0.1, 0.15) is 6.92 Å². The van der Waals surface area contributed by atoms with Gasteiger partial charge >= 0.3 is 0 Å². The minimum absolute atomic E-state index is 0.477. The molecular formula is C11H16N4OS. The summed E-state index contributed by atoms with van der Waals surface area (Å²) in [7, 11) is 0. The number of aromatic nitrogens is 3. The van der Waals surface area contributed by atoms with Gasteiger partial charge in [-0.15, -0.1) is 0 Å². The van der Waals surface area contributed by atoms with E-state index in [4.69, 9.17) is 0 Å². The molecule has 2 rings (SSSR count). The third-order valence-electron chi connectivity index (χ3n) is 2.36. The van der Waals surface area contributed by atoms with Gasteiger partial charge in [0.25, 0.3) is 0 Å². The van der Waals surface area contributed by atoms with Crippen LogP contribution >= 0.6 is 11.8 Å². The summed E-state index contributed by atoms with van der Waals surface area (Å²) in [5, 5.41) is 17.2. The van der Waals surface area contributed by atoms with E-state index in [1.165, 1.54) is 0 Å². The molecule has 0 amide bonds. The zero-order valence-electron chi connectivity index (χ0n) is 9.92. The highest BCUT2D eigenvalue weighted by molar-refractivity contribution is 7.98. The third-order valence-corrected chi connectivity index (χ3v) is 3.27. The molecule has 0 aromatic carbocycles. The Kier molecular flexibility index (Phi) is 3.54. The first-order valence-electron chi connectivity index (χ1n) is 5.36. The Labute approximate surface area is 104 Å². The average Bonchev–Trinajstić information content (AvgIpc) is 2.73. The summed E-state index contributed by atoms with van der Waals surface area (Å²) in [5.74, 6) is 1.44. The van der Waals surface area contributed by atoms with Gasteiger partial charge in [-0.2, -0.15) is 16.9 Å². The molecule has 2 aromatic heterocycles. The Morgan fingerprint density at radius 1 is 1.53 bits per heavy atom. The minimum Gasteiger partial charge on any atom is -0.387 e. The van der Waals surface area contributed by atoms with Crippen LogP contribution in [-0.2, 0) is 0 Å². The van der Waals surface area contributed by atoms with Gasteiger partial charge in [-0.25, -0.2) is 9.50 Å². The van der Waals surface area contributed by atoms with Gasteiger partial charge in [-0.3, -0.25) is 0 Å². The lowest BCUT2D eigenvalue weighted by Crippen LogP contribution is -2.36. The molecule has 2 heterocycles. The van der Waals surface area contributed by atoms with Crippen molar-refractivity contribution < 1.29 is 5.11 Å². The predicted octanol–water partition coefficient (Wildman–Crippen LogP) is 1.26. The highest BCUT2D eigenvalue weighted by Crippen LogP contribution is 2.12. The molecule has 0 saturated carbocycles. The average molecular weight is 252 g/mol. The molecule has 0 bridgehead atoms. The van der Waals surface area contributed by atoms with E-state index < -0.39 is 5.60 Å². The number of thioether (sulfide) groups is 1. The Morgan fingerprint density at radius 3 is 3.12 bits per heavy atom. The molecule has 0 aliphatic carbocycles. The smallest absolute Gasteiger partial charge is 0.157 e. The minimum atomic E-state index is -0.729. The summed E-state index contributed by atoms with van der Waals surface area (Å²) >= 11 is 1.62. The van der Waals surface area contributed by atoms with Gasteiger partial charge in [0.05, 0.1) is 11.8 Å². The highest BCUT2D eigenvalue weighted by Gasteiger charge is 2.19. The number of hydrogen-bond acceptors (Lipinski definition) is 5. The predicted molar refractivity (Wildman–Crippen MR) is 70.5 cm³/mol. The van der Waals surface area contributed by atoms with E-state index >= 15 is 0 Å². The zero-order valence-corrected chi connectivity index (χ0v) is 10.7. The van der Waals surface area contributed by atoms with E-state index in [-0.39, 0.29) is 0 Å². The summed E-state index contributed by atoms with van der Waals surface area (Å²) in [4.78, 5) is 4.37. The number of fused-ring (bicyclic) bond motifs is 1. The van der Waals surface area contributed by atoms with Crippen LogP contribution in [0, 0.1) is 0 Å². The SMILES string of the molecule is CSCC(C)(O)CNc1ccn2nccc2n1. The normalized spacial score (nSPS) is 14.8. The van der Waals surface area contributed by atoms with Gasteiger partial charge < -0.3 is 10.4 Å². The molecule has 2 aromatic rings. The van der Waals surface area contributed by atoms with Crippen LogP contribution in [0.2, 0.25) is 0 Å². The highest BCUT2D eigenvalue weighted by atomic mass is 32.2. The van der Waals surface area contributed by atoms with E-state index in [1.54, 1.807) is 22.5 Å². The molecule has 92 valence electrons. The van der Waals surface area contributed by atoms with Gasteiger partial charge in [0.2, 0.25) is 0 Å². The number of anilines is 1. The lowest BCUT2D eigenvalue weighted by Gasteiger charge is -2.22. The second-order valence-electron chi connectivity index (χ2n) is 4.23. The first-order chi connectivity index (χ1) is 8.11. The number of nitrogens with zero attached hydrogens (tertiary/aromatic N) is 3. The van der Waals surface area contributed by atoms with Crippen LogP contribution in [0.5, 0.6) is 0 Å². The lowest BCUT2D eigenvalue weighted by molar-refractivity contribution is 0.0996. The van der Waals surface area contributed by atoms with Crippen LogP contribution in [0.3, 0.4) is 0 Å². The second-order valence-corrected chi connectivity index (χ2v) is 5.10. The summed E-state index contributed by atoms with van der Waals surface area (Å²) in [5.41, 5.74) is 0.0625. The molecule has 17 heavy (non-hydrogen) atoms. The van der Waals surface area contributed by atoms with Crippen LogP contribution < -0.4 is 5.32 Å². The monoisotopic (exact) mass is 252 g/mol. The van der Waals surface area contributed by atoms with E-state index in [2.05, 4.69) is 15.4 Å². The molecule has 0 spiro atoms. The van der Waals surface area contributed by atoms with E-state index in [9.17, 15) is 5.11 Å². The summed E-state index contributed by atoms with van der Waals surface area (Å²) in [6, 6.07) is 3.68. The lowest BCUT2D eigenvalue weighted by atomic mass is 10.1. The molecule has 6 heteroatoms. The van der Waals surface area contributed by atoms with Crippen molar-refractivity contribution >= 4 is 23.2 Å². The Morgan fingerprint density at radius 2 is 2.35 bits per heavy atom. The summed E-state index contributed by atoms with van der Waals surface area (Å²) in [6.45, 7) is 2.29. The molecule has 2 N–H and O–H groups in total. The van der Waals surface area contributed by atoms with Crippen LogP contribution in [-0.4, -0.2) is 43.9 Å². The van der Waals surface area contributed by atoms with Gasteiger partial charge in [-0.05, 0) is 19.2 Å². The van der Waals surface area contributed by atoms with Crippen molar-refractivity contribution in [3.05, 3.63) is 24.5 Å². The Balaban J connectivity index is 2.03. The second kappa shape index (κ2) is 4.93. The molecule has 0 radical (unpaired) electrons. The molecule has 0 aliphatic heterocycles. The quantitative estimate of drug-likeness (QED) is 0.838. The summed E-state index contributed by atoms with van der Waals surface area (Å²) < 4.78 is 1.70. The van der Waals surface area contributed by atoms with Crippen molar-refractivity contribution in [3.63, 3.8) is 0 Å². The first-order valence-corrected chi connectivity index (χ1v) is 6.76. The molecule has 0 saturated heterocycles. The van der Waals surface area contributed by atoms with Crippen molar-refractivity contribution in [2.45, 2.75) is 12.5 Å². The fourth-order valence-corrected chi connectivity index (χ4v) is 2.28. The van der Waals surface area contributed by atoms with Crippen LogP contribution in [0.4, 0.5) is 5.82 Å². The van der Waals surface area contributed by atoms with E-state index in [1.807, 2.05) is 31.5 Å². The fourth-order valence-electron chi connectivity index (χ4n) is 1.55. The van der Waals surface area contributed by atoms with Gasteiger partial charge in [0, 0.05) is 24.6 Å². The van der Waals surface area contributed by atoms with Crippen molar-refractivity contribution in [1.82, 2.24) is 14.6 Å². The van der Waals surface area contributed by atoms with Gasteiger partial charge in [0.15, 0.2) is 5.65 Å². The van der Waals surface area contributed by atoms with E-state index in [0.29, 0.717) is 12.3 Å². The van der Waals surface area contributed by atoms with Crippen molar-refractivity contribution in [1.29, 1.82) is 0 Å². The molecule has 0 fully saturated rings. The number of aliphatic hydroxyl groups is 1. The van der Waals surface area contributed by atoms with Crippen LogP contribution in [0.15, 0.2) is 24.5 Å². The maximum Gasteiger partial charge on any atom is 0.157 e. The zero-order chi connectivity index (χ0) is 12.3.